The summed E-state index contributed by atoms with van der Waals surface area (Å²) in [5.74, 6) is -0.911. The van der Waals surface area contributed by atoms with Gasteiger partial charge in [-0.1, -0.05) is 26.7 Å². The number of urea groups is 1. The van der Waals surface area contributed by atoms with Crippen LogP contribution in [-0.2, 0) is 4.79 Å². The van der Waals surface area contributed by atoms with Crippen molar-refractivity contribution in [2.45, 2.75) is 64.0 Å². The Morgan fingerprint density at radius 2 is 1.78 bits per heavy atom. The highest BCUT2D eigenvalue weighted by Crippen LogP contribution is 2.30. The summed E-state index contributed by atoms with van der Waals surface area (Å²) in [6, 6.07) is -0.106. The molecule has 0 atom stereocenters. The molecule has 0 aromatic carbocycles. The van der Waals surface area contributed by atoms with Crippen LogP contribution in [0.4, 0.5) is 4.79 Å². The number of nitrogens with one attached hydrogen (secondary N) is 1. The molecule has 1 rings (SSSR count). The third-order valence-electron chi connectivity index (χ3n) is 4.02. The van der Waals surface area contributed by atoms with Gasteiger partial charge in [-0.05, 0) is 25.7 Å². The topological polar surface area (TPSA) is 69.6 Å². The summed E-state index contributed by atoms with van der Waals surface area (Å²) >= 11 is 0. The van der Waals surface area contributed by atoms with Gasteiger partial charge >= 0.3 is 12.0 Å². The molecule has 0 aromatic heterocycles. The van der Waals surface area contributed by atoms with Crippen molar-refractivity contribution in [3.8, 4) is 0 Å². The van der Waals surface area contributed by atoms with Gasteiger partial charge in [0.1, 0.15) is 5.54 Å². The fourth-order valence-electron chi connectivity index (χ4n) is 2.67. The minimum atomic E-state index is -1.04. The largest absolute Gasteiger partial charge is 0.480 e. The number of amides is 2. The third-order valence-corrected chi connectivity index (χ3v) is 4.02. The number of rotatable bonds is 5. The molecule has 0 unspecified atom stereocenters. The first-order valence-electron chi connectivity index (χ1n) is 6.75. The Balaban J connectivity index is 2.70. The molecule has 1 fully saturated rings. The van der Waals surface area contributed by atoms with Gasteiger partial charge in [0.25, 0.3) is 0 Å². The molecular weight excluding hydrogens is 232 g/mol. The number of carbonyl (C=O) groups excluding carboxylic acids is 1. The van der Waals surface area contributed by atoms with E-state index in [0.29, 0.717) is 12.8 Å². The van der Waals surface area contributed by atoms with Crippen molar-refractivity contribution in [1.29, 1.82) is 0 Å². The molecular formula is C13H24N2O3. The molecule has 0 aliphatic heterocycles. The Kier molecular flexibility index (Phi) is 4.99. The molecule has 18 heavy (non-hydrogen) atoms. The van der Waals surface area contributed by atoms with Crippen molar-refractivity contribution in [3.63, 3.8) is 0 Å². The highest BCUT2D eigenvalue weighted by molar-refractivity contribution is 5.86. The van der Waals surface area contributed by atoms with Crippen LogP contribution in [0.15, 0.2) is 0 Å². The van der Waals surface area contributed by atoms with Gasteiger partial charge in [0.2, 0.25) is 0 Å². The fourth-order valence-corrected chi connectivity index (χ4v) is 2.67. The maximum absolute atomic E-state index is 12.1. The number of carboxylic acid groups (broad SMARTS) is 1. The molecule has 0 heterocycles. The zero-order valence-corrected chi connectivity index (χ0v) is 11.5. The number of nitrogens with zero attached hydrogens (tertiary/aromatic N) is 1. The molecule has 2 N–H and O–H groups in total. The first-order valence-corrected chi connectivity index (χ1v) is 6.75. The molecule has 0 radical (unpaired) electrons. The van der Waals surface area contributed by atoms with E-state index in [2.05, 4.69) is 5.32 Å². The minimum Gasteiger partial charge on any atom is -0.480 e. The Labute approximate surface area is 109 Å². The van der Waals surface area contributed by atoms with E-state index in [0.717, 1.165) is 25.7 Å². The minimum absolute atomic E-state index is 0.164. The van der Waals surface area contributed by atoms with Gasteiger partial charge in [0.15, 0.2) is 0 Å². The van der Waals surface area contributed by atoms with Crippen LogP contribution in [0.2, 0.25) is 0 Å². The third kappa shape index (κ3) is 2.94. The van der Waals surface area contributed by atoms with Gasteiger partial charge < -0.3 is 15.3 Å². The van der Waals surface area contributed by atoms with E-state index in [9.17, 15) is 14.7 Å². The molecule has 5 heteroatoms. The molecule has 0 aromatic rings. The lowest BCUT2D eigenvalue weighted by molar-refractivity contribution is -0.144. The first kappa shape index (κ1) is 14.8. The van der Waals surface area contributed by atoms with Crippen molar-refractivity contribution < 1.29 is 14.7 Å². The lowest BCUT2D eigenvalue weighted by Crippen LogP contribution is -2.57. The fraction of sp³-hybridized carbons (Fsp3) is 0.846. The molecule has 0 saturated heterocycles. The number of aliphatic carboxylic acids is 1. The van der Waals surface area contributed by atoms with Crippen LogP contribution in [-0.4, -0.2) is 40.6 Å². The van der Waals surface area contributed by atoms with Crippen LogP contribution in [0.3, 0.4) is 0 Å². The SMILES string of the molecule is CCC(CC)N(C)C(=O)NC1(C(=O)O)CCCC1. The van der Waals surface area contributed by atoms with Gasteiger partial charge in [0, 0.05) is 13.1 Å². The highest BCUT2D eigenvalue weighted by atomic mass is 16.4. The summed E-state index contributed by atoms with van der Waals surface area (Å²) in [7, 11) is 1.73. The lowest BCUT2D eigenvalue weighted by Gasteiger charge is -2.32. The quantitative estimate of drug-likeness (QED) is 0.792. The molecule has 1 saturated carbocycles. The lowest BCUT2D eigenvalue weighted by atomic mass is 9.98. The van der Waals surface area contributed by atoms with E-state index in [-0.39, 0.29) is 12.1 Å². The van der Waals surface area contributed by atoms with Gasteiger partial charge in [0.05, 0.1) is 0 Å². The molecule has 2 amide bonds. The summed E-state index contributed by atoms with van der Waals surface area (Å²) < 4.78 is 0. The molecule has 1 aliphatic carbocycles. The first-order chi connectivity index (χ1) is 8.46. The van der Waals surface area contributed by atoms with Crippen LogP contribution < -0.4 is 5.32 Å². The maximum Gasteiger partial charge on any atom is 0.329 e. The van der Waals surface area contributed by atoms with Gasteiger partial charge in [-0.25, -0.2) is 9.59 Å². The van der Waals surface area contributed by atoms with Crippen LogP contribution in [0, 0.1) is 0 Å². The van der Waals surface area contributed by atoms with Crippen LogP contribution in [0.5, 0.6) is 0 Å². The predicted octanol–water partition coefficient (Wildman–Crippen LogP) is 2.21. The second-order valence-corrected chi connectivity index (χ2v) is 5.11. The van der Waals surface area contributed by atoms with Crippen molar-refractivity contribution in [3.05, 3.63) is 0 Å². The van der Waals surface area contributed by atoms with Gasteiger partial charge in [-0.15, -0.1) is 0 Å². The predicted molar refractivity (Wildman–Crippen MR) is 69.5 cm³/mol. The normalized spacial score (nSPS) is 17.8. The zero-order chi connectivity index (χ0) is 13.8. The zero-order valence-electron chi connectivity index (χ0n) is 11.5. The molecule has 1 aliphatic rings. The second-order valence-electron chi connectivity index (χ2n) is 5.11. The van der Waals surface area contributed by atoms with E-state index < -0.39 is 11.5 Å². The van der Waals surface area contributed by atoms with Crippen molar-refractivity contribution in [1.82, 2.24) is 10.2 Å². The Hall–Kier alpha value is -1.26. The van der Waals surface area contributed by atoms with Crippen molar-refractivity contribution in [2.24, 2.45) is 0 Å². The van der Waals surface area contributed by atoms with Crippen molar-refractivity contribution >= 4 is 12.0 Å². The smallest absolute Gasteiger partial charge is 0.329 e. The van der Waals surface area contributed by atoms with Crippen LogP contribution in [0.1, 0.15) is 52.4 Å². The van der Waals surface area contributed by atoms with Crippen LogP contribution >= 0.6 is 0 Å². The van der Waals surface area contributed by atoms with E-state index in [1.54, 1.807) is 11.9 Å². The standard InChI is InChI=1S/C13H24N2O3/c1-4-10(5-2)15(3)12(18)14-13(11(16)17)8-6-7-9-13/h10H,4-9H2,1-3H3,(H,14,18)(H,16,17). The summed E-state index contributed by atoms with van der Waals surface area (Å²) in [5, 5.41) is 12.0. The highest BCUT2D eigenvalue weighted by Gasteiger charge is 2.43. The molecule has 0 spiro atoms. The van der Waals surface area contributed by atoms with Crippen molar-refractivity contribution in [2.75, 3.05) is 7.05 Å². The van der Waals surface area contributed by atoms with E-state index in [1.165, 1.54) is 0 Å². The molecule has 5 nitrogen and oxygen atoms in total. The number of carboxylic acids is 1. The maximum atomic E-state index is 12.1. The number of hydrogen-bond donors (Lipinski definition) is 2. The average molecular weight is 256 g/mol. The summed E-state index contributed by atoms with van der Waals surface area (Å²) in [4.78, 5) is 25.1. The van der Waals surface area contributed by atoms with E-state index >= 15 is 0 Å². The molecule has 0 bridgehead atoms. The summed E-state index contributed by atoms with van der Waals surface area (Å²) in [6.07, 6.45) is 4.54. The Morgan fingerprint density at radius 3 is 2.17 bits per heavy atom. The monoisotopic (exact) mass is 256 g/mol. The number of carbonyl (C=O) groups is 2. The van der Waals surface area contributed by atoms with Gasteiger partial charge in [-0.3, -0.25) is 0 Å². The van der Waals surface area contributed by atoms with Gasteiger partial charge in [-0.2, -0.15) is 0 Å². The van der Waals surface area contributed by atoms with E-state index in [1.807, 2.05) is 13.8 Å². The Morgan fingerprint density at radius 1 is 1.28 bits per heavy atom. The number of hydrogen-bond acceptors (Lipinski definition) is 2. The Bertz CT molecular complexity index is 307. The van der Waals surface area contributed by atoms with E-state index in [4.69, 9.17) is 0 Å². The summed E-state index contributed by atoms with van der Waals surface area (Å²) in [6.45, 7) is 4.06. The van der Waals surface area contributed by atoms with Crippen LogP contribution in [0.25, 0.3) is 0 Å². The average Bonchev–Trinajstić information content (AvgIpc) is 2.80. The second kappa shape index (κ2) is 6.07. The molecule has 104 valence electrons. The summed E-state index contributed by atoms with van der Waals surface area (Å²) in [5.41, 5.74) is -1.04.